The van der Waals surface area contributed by atoms with Crippen molar-refractivity contribution < 1.29 is 0 Å². The molecule has 0 aliphatic carbocycles. The number of unbranched alkanes of at least 4 members (excludes halogenated alkanes) is 1. The predicted octanol–water partition coefficient (Wildman–Crippen LogP) is 7.33. The molecule has 3 heteroatoms. The van der Waals surface area contributed by atoms with E-state index in [-0.39, 0.29) is 0 Å². The molecule has 126 valence electrons. The van der Waals surface area contributed by atoms with Crippen molar-refractivity contribution in [1.82, 2.24) is 0 Å². The Kier molecular flexibility index (Phi) is 5.12. The van der Waals surface area contributed by atoms with Crippen LogP contribution in [0.25, 0.3) is 26.2 Å². The summed E-state index contributed by atoms with van der Waals surface area (Å²) in [5.74, 6) is 0. The van der Waals surface area contributed by atoms with Gasteiger partial charge in [0.2, 0.25) is 0 Å². The third-order valence-electron chi connectivity index (χ3n) is 4.42. The quantitative estimate of drug-likeness (QED) is 0.418. The summed E-state index contributed by atoms with van der Waals surface area (Å²) in [6, 6.07) is 9.32. The Morgan fingerprint density at radius 1 is 1.08 bits per heavy atom. The van der Waals surface area contributed by atoms with Gasteiger partial charge in [-0.1, -0.05) is 25.5 Å². The van der Waals surface area contributed by atoms with Crippen molar-refractivity contribution in [3.8, 4) is 0 Å². The number of hydrogen-bond donors (Lipinski definition) is 0. The summed E-state index contributed by atoms with van der Waals surface area (Å²) in [5, 5.41) is 4.08. The number of anilines is 1. The van der Waals surface area contributed by atoms with Gasteiger partial charge in [0.15, 0.2) is 0 Å². The van der Waals surface area contributed by atoms with Gasteiger partial charge in [0, 0.05) is 27.9 Å². The third kappa shape index (κ3) is 3.57. The van der Waals surface area contributed by atoms with Gasteiger partial charge in [-0.05, 0) is 67.0 Å². The predicted molar refractivity (Wildman–Crippen MR) is 114 cm³/mol. The van der Waals surface area contributed by atoms with E-state index in [1.807, 2.05) is 22.7 Å². The molecular formula is C21H25NS2. The normalized spacial score (nSPS) is 12.2. The topological polar surface area (TPSA) is 3.24 Å². The maximum absolute atomic E-state index is 4.02. The maximum Gasteiger partial charge on any atom is 0.0918 e. The van der Waals surface area contributed by atoms with Gasteiger partial charge < -0.3 is 4.90 Å². The lowest BCUT2D eigenvalue weighted by Gasteiger charge is -2.15. The van der Waals surface area contributed by atoms with Gasteiger partial charge in [-0.3, -0.25) is 0 Å². The minimum absolute atomic E-state index is 1.13. The summed E-state index contributed by atoms with van der Waals surface area (Å²) < 4.78 is 2.75. The van der Waals surface area contributed by atoms with Crippen molar-refractivity contribution in [1.29, 1.82) is 0 Å². The molecule has 0 atom stereocenters. The monoisotopic (exact) mass is 355 g/mol. The van der Waals surface area contributed by atoms with Crippen molar-refractivity contribution in [3.05, 3.63) is 46.9 Å². The average Bonchev–Trinajstić information content (AvgIpc) is 3.12. The number of thiophene rings is 2. The first-order chi connectivity index (χ1) is 11.5. The molecule has 0 N–H and O–H groups in total. The van der Waals surface area contributed by atoms with Gasteiger partial charge in [-0.15, -0.1) is 22.7 Å². The van der Waals surface area contributed by atoms with Gasteiger partial charge >= 0.3 is 0 Å². The van der Waals surface area contributed by atoms with Crippen molar-refractivity contribution in [3.63, 3.8) is 0 Å². The lowest BCUT2D eigenvalue weighted by atomic mass is 10.1. The van der Waals surface area contributed by atoms with Crippen molar-refractivity contribution in [2.45, 2.75) is 33.6 Å². The molecule has 0 fully saturated rings. The van der Waals surface area contributed by atoms with E-state index < -0.39 is 0 Å². The smallest absolute Gasteiger partial charge is 0.0918 e. The van der Waals surface area contributed by atoms with Crippen LogP contribution in [-0.4, -0.2) is 13.6 Å². The van der Waals surface area contributed by atoms with Crippen LogP contribution in [0.5, 0.6) is 0 Å². The number of nitrogens with zero attached hydrogens (tertiary/aromatic N) is 1. The fraction of sp³-hybridized carbons (Fsp3) is 0.333. The summed E-state index contributed by atoms with van der Waals surface area (Å²) in [7, 11) is 2.20. The number of rotatable bonds is 6. The number of hydrogen-bond acceptors (Lipinski definition) is 3. The van der Waals surface area contributed by atoms with Crippen molar-refractivity contribution in [2.75, 3.05) is 18.5 Å². The van der Waals surface area contributed by atoms with Crippen LogP contribution >= 0.6 is 22.7 Å². The second kappa shape index (κ2) is 7.12. The van der Waals surface area contributed by atoms with Gasteiger partial charge in [-0.2, -0.15) is 0 Å². The Morgan fingerprint density at radius 2 is 1.75 bits per heavy atom. The summed E-state index contributed by atoms with van der Waals surface area (Å²) in [6.45, 7) is 11.6. The standard InChI is InChI=1S/C21H25NS2/c1-6-7-8-22(5)21-13-17-12-19-16(11-20(17)24-21)10-18(23-19)9-15(4)14(2)3/h9-13H,2,6-8H2,1,3-5H3/b15-9+. The molecule has 2 aromatic heterocycles. The van der Waals surface area contributed by atoms with Crippen LogP contribution in [0.1, 0.15) is 38.5 Å². The highest BCUT2D eigenvalue weighted by molar-refractivity contribution is 7.23. The van der Waals surface area contributed by atoms with Crippen molar-refractivity contribution >= 4 is 53.9 Å². The highest BCUT2D eigenvalue weighted by Crippen LogP contribution is 2.38. The van der Waals surface area contributed by atoms with E-state index in [4.69, 9.17) is 0 Å². The Bertz CT molecular complexity index is 860. The molecule has 1 nitrogen and oxygen atoms in total. The molecule has 0 amide bonds. The fourth-order valence-electron chi connectivity index (χ4n) is 2.68. The highest BCUT2D eigenvalue weighted by atomic mass is 32.1. The Labute approximate surface area is 152 Å². The Balaban J connectivity index is 1.95. The molecule has 0 radical (unpaired) electrons. The SMILES string of the molecule is C=C(C)/C(C)=C/c1cc2cc3sc(N(C)CCCC)cc3cc2s1. The van der Waals surface area contributed by atoms with Crippen LogP contribution in [0, 0.1) is 0 Å². The summed E-state index contributed by atoms with van der Waals surface area (Å²) in [6.07, 6.45) is 4.73. The highest BCUT2D eigenvalue weighted by Gasteiger charge is 2.09. The molecule has 0 saturated carbocycles. The van der Waals surface area contributed by atoms with E-state index in [1.54, 1.807) is 0 Å². The molecule has 0 aliphatic rings. The number of benzene rings is 1. The molecule has 0 spiro atoms. The lowest BCUT2D eigenvalue weighted by Crippen LogP contribution is -2.16. The van der Waals surface area contributed by atoms with Gasteiger partial charge in [0.1, 0.15) is 0 Å². The fourth-order valence-corrected chi connectivity index (χ4v) is 4.86. The second-order valence-electron chi connectivity index (χ2n) is 6.54. The lowest BCUT2D eigenvalue weighted by molar-refractivity contribution is 0.770. The first-order valence-electron chi connectivity index (χ1n) is 8.50. The summed E-state index contributed by atoms with van der Waals surface area (Å²) >= 11 is 3.76. The molecule has 0 bridgehead atoms. The van der Waals surface area contributed by atoms with Crippen LogP contribution in [0.3, 0.4) is 0 Å². The first-order valence-corrected chi connectivity index (χ1v) is 10.1. The van der Waals surface area contributed by atoms with Crippen LogP contribution in [-0.2, 0) is 0 Å². The average molecular weight is 356 g/mol. The molecule has 3 rings (SSSR count). The van der Waals surface area contributed by atoms with Crippen LogP contribution in [0.4, 0.5) is 5.00 Å². The minimum atomic E-state index is 1.13. The van der Waals surface area contributed by atoms with E-state index in [1.165, 1.54) is 48.5 Å². The maximum atomic E-state index is 4.02. The summed E-state index contributed by atoms with van der Waals surface area (Å²) in [5.41, 5.74) is 2.39. The number of allylic oxidation sites excluding steroid dienone is 2. The minimum Gasteiger partial charge on any atom is -0.366 e. The van der Waals surface area contributed by atoms with Gasteiger partial charge in [0.05, 0.1) is 5.00 Å². The molecule has 3 aromatic rings. The van der Waals surface area contributed by atoms with E-state index in [2.05, 4.69) is 69.6 Å². The molecule has 1 aromatic carbocycles. The molecule has 0 saturated heterocycles. The Hall–Kier alpha value is -1.58. The largest absolute Gasteiger partial charge is 0.366 e. The Morgan fingerprint density at radius 3 is 2.42 bits per heavy atom. The zero-order valence-electron chi connectivity index (χ0n) is 15.0. The molecule has 0 aliphatic heterocycles. The zero-order chi connectivity index (χ0) is 17.3. The van der Waals surface area contributed by atoms with E-state index in [9.17, 15) is 0 Å². The number of fused-ring (bicyclic) bond motifs is 2. The van der Waals surface area contributed by atoms with Crippen LogP contribution in [0.15, 0.2) is 42.0 Å². The second-order valence-corrected chi connectivity index (χ2v) is 8.72. The summed E-state index contributed by atoms with van der Waals surface area (Å²) in [4.78, 5) is 3.69. The molecule has 24 heavy (non-hydrogen) atoms. The van der Waals surface area contributed by atoms with Crippen LogP contribution in [0.2, 0.25) is 0 Å². The van der Waals surface area contributed by atoms with E-state index in [0.717, 1.165) is 12.1 Å². The third-order valence-corrected chi connectivity index (χ3v) is 6.67. The molecule has 2 heterocycles. The first kappa shape index (κ1) is 17.2. The molecular weight excluding hydrogens is 330 g/mol. The van der Waals surface area contributed by atoms with E-state index >= 15 is 0 Å². The van der Waals surface area contributed by atoms with E-state index in [0.29, 0.717) is 0 Å². The van der Waals surface area contributed by atoms with Crippen molar-refractivity contribution in [2.24, 2.45) is 0 Å². The van der Waals surface area contributed by atoms with Gasteiger partial charge in [0.25, 0.3) is 0 Å². The van der Waals surface area contributed by atoms with Gasteiger partial charge in [-0.25, -0.2) is 0 Å². The molecule has 0 unspecified atom stereocenters. The zero-order valence-corrected chi connectivity index (χ0v) is 16.6. The van der Waals surface area contributed by atoms with Crippen LogP contribution < -0.4 is 4.90 Å².